The number of ether oxygens (including phenoxy) is 1. The number of rotatable bonds is 5. The zero-order chi connectivity index (χ0) is 18.9. The molecule has 3 aromatic carbocycles. The topological polar surface area (TPSA) is 40.2 Å². The predicted octanol–water partition coefficient (Wildman–Crippen LogP) is 5.70. The van der Waals surface area contributed by atoms with Crippen LogP contribution in [0.25, 0.3) is 33.4 Å². The molecule has 0 spiro atoms. The third kappa shape index (κ3) is 2.93. The largest absolute Gasteiger partial charge is 0.497 e. The van der Waals surface area contributed by atoms with Gasteiger partial charge in [0.15, 0.2) is 11.6 Å². The van der Waals surface area contributed by atoms with Crippen molar-refractivity contribution in [1.82, 2.24) is 9.55 Å². The minimum atomic E-state index is 0.793. The van der Waals surface area contributed by atoms with Crippen molar-refractivity contribution in [2.24, 2.45) is 0 Å². The number of hydrogen-bond acceptors (Lipinski definition) is 3. The minimum absolute atomic E-state index is 0.793. The molecule has 0 N–H and O–H groups in total. The Morgan fingerprint density at radius 2 is 1.79 bits per heavy atom. The van der Waals surface area contributed by atoms with E-state index in [9.17, 15) is 0 Å². The van der Waals surface area contributed by atoms with Gasteiger partial charge >= 0.3 is 0 Å². The Hall–Kier alpha value is -3.53. The highest BCUT2D eigenvalue weighted by Crippen LogP contribution is 2.26. The van der Waals surface area contributed by atoms with Gasteiger partial charge in [0.25, 0.3) is 0 Å². The smallest absolute Gasteiger partial charge is 0.177 e. The lowest BCUT2D eigenvalue weighted by Gasteiger charge is -2.09. The first kappa shape index (κ1) is 16.6. The molecule has 0 amide bonds. The first-order valence-corrected chi connectivity index (χ1v) is 9.38. The number of aromatic nitrogens is 2. The zero-order valence-corrected chi connectivity index (χ0v) is 15.6. The Morgan fingerprint density at radius 1 is 0.929 bits per heavy atom. The SMILES string of the molecule is COc1ccc2cc(CCn3c(-c4ccco4)nc4ccccc43)ccc2c1. The molecule has 5 rings (SSSR count). The highest BCUT2D eigenvalue weighted by Gasteiger charge is 2.14. The Kier molecular flexibility index (Phi) is 4.09. The van der Waals surface area contributed by atoms with Crippen LogP contribution in [0.2, 0.25) is 0 Å². The molecule has 28 heavy (non-hydrogen) atoms. The second-order valence-electron chi connectivity index (χ2n) is 6.85. The number of para-hydroxylation sites is 2. The second-order valence-corrected chi connectivity index (χ2v) is 6.85. The van der Waals surface area contributed by atoms with Crippen LogP contribution in [0.5, 0.6) is 5.75 Å². The summed E-state index contributed by atoms with van der Waals surface area (Å²) in [6, 6.07) is 24.9. The van der Waals surface area contributed by atoms with Gasteiger partial charge in [0.2, 0.25) is 0 Å². The van der Waals surface area contributed by atoms with Crippen molar-refractivity contribution in [3.63, 3.8) is 0 Å². The summed E-state index contributed by atoms with van der Waals surface area (Å²) in [6.07, 6.45) is 2.60. The van der Waals surface area contributed by atoms with Crippen LogP contribution < -0.4 is 4.74 Å². The quantitative estimate of drug-likeness (QED) is 0.399. The number of furan rings is 1. The van der Waals surface area contributed by atoms with E-state index < -0.39 is 0 Å². The van der Waals surface area contributed by atoms with Crippen LogP contribution in [0, 0.1) is 0 Å². The van der Waals surface area contributed by atoms with Crippen LogP contribution >= 0.6 is 0 Å². The molecular formula is C24H20N2O2. The molecular weight excluding hydrogens is 348 g/mol. The first-order valence-electron chi connectivity index (χ1n) is 9.38. The number of hydrogen-bond donors (Lipinski definition) is 0. The van der Waals surface area contributed by atoms with E-state index in [1.165, 1.54) is 16.3 Å². The van der Waals surface area contributed by atoms with Crippen molar-refractivity contribution in [2.45, 2.75) is 13.0 Å². The first-order chi connectivity index (χ1) is 13.8. The maximum atomic E-state index is 5.63. The molecule has 5 aromatic rings. The molecule has 2 heterocycles. The van der Waals surface area contributed by atoms with Gasteiger partial charge in [0, 0.05) is 6.54 Å². The Bertz CT molecular complexity index is 1250. The predicted molar refractivity (Wildman–Crippen MR) is 112 cm³/mol. The average Bonchev–Trinajstić information content (AvgIpc) is 3.39. The average molecular weight is 368 g/mol. The van der Waals surface area contributed by atoms with Gasteiger partial charge in [-0.05, 0) is 59.2 Å². The van der Waals surface area contributed by atoms with Gasteiger partial charge in [0.05, 0.1) is 24.4 Å². The van der Waals surface area contributed by atoms with Crippen molar-refractivity contribution in [1.29, 1.82) is 0 Å². The van der Waals surface area contributed by atoms with E-state index in [4.69, 9.17) is 14.1 Å². The molecule has 0 unspecified atom stereocenters. The molecule has 0 radical (unpaired) electrons. The van der Waals surface area contributed by atoms with Gasteiger partial charge in [-0.25, -0.2) is 4.98 Å². The van der Waals surface area contributed by atoms with E-state index in [2.05, 4.69) is 47.0 Å². The molecule has 0 atom stereocenters. The van der Waals surface area contributed by atoms with Crippen LogP contribution in [-0.2, 0) is 13.0 Å². The molecule has 4 heteroatoms. The minimum Gasteiger partial charge on any atom is -0.497 e. The van der Waals surface area contributed by atoms with Gasteiger partial charge in [-0.3, -0.25) is 0 Å². The summed E-state index contributed by atoms with van der Waals surface area (Å²) in [6.45, 7) is 0.832. The maximum Gasteiger partial charge on any atom is 0.177 e. The van der Waals surface area contributed by atoms with Crippen LogP contribution in [-0.4, -0.2) is 16.7 Å². The van der Waals surface area contributed by atoms with E-state index in [-0.39, 0.29) is 0 Å². The number of aryl methyl sites for hydroxylation is 2. The number of benzene rings is 3. The molecule has 0 bridgehead atoms. The van der Waals surface area contributed by atoms with Crippen LogP contribution in [0.3, 0.4) is 0 Å². The molecule has 0 saturated carbocycles. The molecule has 4 nitrogen and oxygen atoms in total. The third-order valence-corrected chi connectivity index (χ3v) is 5.13. The summed E-state index contributed by atoms with van der Waals surface area (Å²) in [7, 11) is 1.70. The van der Waals surface area contributed by atoms with Gasteiger partial charge in [-0.1, -0.05) is 36.4 Å². The number of imidazole rings is 1. The Morgan fingerprint density at radius 3 is 2.64 bits per heavy atom. The van der Waals surface area contributed by atoms with Crippen molar-refractivity contribution < 1.29 is 9.15 Å². The second kappa shape index (κ2) is 6.89. The zero-order valence-electron chi connectivity index (χ0n) is 15.6. The Balaban J connectivity index is 1.49. The summed E-state index contributed by atoms with van der Waals surface area (Å²) in [4.78, 5) is 4.79. The van der Waals surface area contributed by atoms with Gasteiger partial charge in [-0.2, -0.15) is 0 Å². The lowest BCUT2D eigenvalue weighted by atomic mass is 10.0. The fourth-order valence-corrected chi connectivity index (χ4v) is 3.69. The monoisotopic (exact) mass is 368 g/mol. The summed E-state index contributed by atoms with van der Waals surface area (Å²) in [5.74, 6) is 2.55. The molecule has 0 fully saturated rings. The third-order valence-electron chi connectivity index (χ3n) is 5.13. The fourth-order valence-electron chi connectivity index (χ4n) is 3.69. The summed E-state index contributed by atoms with van der Waals surface area (Å²) in [5, 5.41) is 2.41. The van der Waals surface area contributed by atoms with E-state index in [0.717, 1.165) is 41.3 Å². The lowest BCUT2D eigenvalue weighted by molar-refractivity contribution is 0.415. The highest BCUT2D eigenvalue weighted by molar-refractivity contribution is 5.84. The van der Waals surface area contributed by atoms with Crippen molar-refractivity contribution in [3.05, 3.63) is 84.6 Å². The lowest BCUT2D eigenvalue weighted by Crippen LogP contribution is -2.03. The molecule has 2 aromatic heterocycles. The van der Waals surface area contributed by atoms with E-state index in [1.807, 2.05) is 30.3 Å². The maximum absolute atomic E-state index is 5.63. The summed E-state index contributed by atoms with van der Waals surface area (Å²) < 4.78 is 13.2. The molecule has 0 saturated heterocycles. The number of methoxy groups -OCH3 is 1. The molecule has 0 aliphatic rings. The van der Waals surface area contributed by atoms with Crippen molar-refractivity contribution in [3.8, 4) is 17.3 Å². The number of fused-ring (bicyclic) bond motifs is 2. The van der Waals surface area contributed by atoms with Crippen LogP contribution in [0.15, 0.2) is 83.5 Å². The van der Waals surface area contributed by atoms with E-state index >= 15 is 0 Å². The van der Waals surface area contributed by atoms with Crippen molar-refractivity contribution >= 4 is 21.8 Å². The highest BCUT2D eigenvalue weighted by atomic mass is 16.5. The van der Waals surface area contributed by atoms with Gasteiger partial charge < -0.3 is 13.7 Å². The van der Waals surface area contributed by atoms with Crippen LogP contribution in [0.1, 0.15) is 5.56 Å². The van der Waals surface area contributed by atoms with Crippen molar-refractivity contribution in [2.75, 3.05) is 7.11 Å². The molecule has 138 valence electrons. The van der Waals surface area contributed by atoms with Crippen LogP contribution in [0.4, 0.5) is 0 Å². The van der Waals surface area contributed by atoms with E-state index in [0.29, 0.717) is 0 Å². The normalized spacial score (nSPS) is 11.3. The molecule has 0 aliphatic carbocycles. The standard InChI is InChI=1S/C24H20N2O2/c1-27-20-11-10-18-15-17(8-9-19(18)16-20)12-13-26-22-6-3-2-5-21(22)25-24(26)23-7-4-14-28-23/h2-11,14-16H,12-13H2,1H3. The summed E-state index contributed by atoms with van der Waals surface area (Å²) >= 11 is 0. The number of nitrogens with zero attached hydrogens (tertiary/aromatic N) is 2. The van der Waals surface area contributed by atoms with Gasteiger partial charge in [0.1, 0.15) is 5.75 Å². The van der Waals surface area contributed by atoms with E-state index in [1.54, 1.807) is 13.4 Å². The summed E-state index contributed by atoms with van der Waals surface area (Å²) in [5.41, 5.74) is 3.40. The van der Waals surface area contributed by atoms with Gasteiger partial charge in [-0.15, -0.1) is 0 Å². The molecule has 0 aliphatic heterocycles. The fraction of sp³-hybridized carbons (Fsp3) is 0.125. The Labute approximate surface area is 163 Å².